The minimum Gasteiger partial charge on any atom is -0.423 e. The third-order valence-electron chi connectivity index (χ3n) is 4.13. The highest BCUT2D eigenvalue weighted by atomic mass is 16.4. The summed E-state index contributed by atoms with van der Waals surface area (Å²) in [7, 11) is -1.37. The Hall–Kier alpha value is -0.835. The molecular formula is C15H24BNO2. The van der Waals surface area contributed by atoms with Crippen molar-refractivity contribution in [2.45, 2.75) is 51.6 Å². The molecule has 0 atom stereocenters. The minimum atomic E-state index is -1.37. The van der Waals surface area contributed by atoms with Gasteiger partial charge < -0.3 is 10.0 Å². The van der Waals surface area contributed by atoms with Crippen LogP contribution >= 0.6 is 0 Å². The largest absolute Gasteiger partial charge is 0.488 e. The van der Waals surface area contributed by atoms with E-state index in [2.05, 4.69) is 17.9 Å². The molecule has 0 unspecified atom stereocenters. The van der Waals surface area contributed by atoms with Crippen molar-refractivity contribution in [3.63, 3.8) is 0 Å². The Morgan fingerprint density at radius 2 is 1.95 bits per heavy atom. The van der Waals surface area contributed by atoms with Crippen LogP contribution in [-0.4, -0.2) is 34.7 Å². The summed E-state index contributed by atoms with van der Waals surface area (Å²) in [6, 6.07) is 8.32. The van der Waals surface area contributed by atoms with Crippen LogP contribution in [0.15, 0.2) is 24.3 Å². The van der Waals surface area contributed by atoms with Gasteiger partial charge in [0.15, 0.2) is 0 Å². The van der Waals surface area contributed by atoms with E-state index in [1.165, 1.54) is 32.1 Å². The number of benzene rings is 1. The Labute approximate surface area is 116 Å². The normalized spacial score (nSPS) is 16.8. The van der Waals surface area contributed by atoms with Crippen molar-refractivity contribution in [1.29, 1.82) is 0 Å². The first kappa shape index (κ1) is 14.6. The lowest BCUT2D eigenvalue weighted by atomic mass is 9.79. The predicted octanol–water partition coefficient (Wildman–Crippen LogP) is 1.52. The van der Waals surface area contributed by atoms with Gasteiger partial charge in [0, 0.05) is 12.6 Å². The molecule has 1 saturated carbocycles. The highest BCUT2D eigenvalue weighted by Gasteiger charge is 2.20. The van der Waals surface area contributed by atoms with Gasteiger partial charge in [0.05, 0.1) is 0 Å². The standard InChI is InChI=1S/C15H24BNO2/c1-2-17(15-9-4-3-5-10-15)12-13-7-6-8-14(11-13)16(18)19/h6-8,11,15,18-19H,2-5,9-10,12H2,1H3. The van der Waals surface area contributed by atoms with Gasteiger partial charge in [0.1, 0.15) is 0 Å². The van der Waals surface area contributed by atoms with E-state index >= 15 is 0 Å². The molecule has 0 radical (unpaired) electrons. The molecule has 1 aromatic rings. The van der Waals surface area contributed by atoms with Crippen molar-refractivity contribution in [3.05, 3.63) is 29.8 Å². The lowest BCUT2D eigenvalue weighted by molar-refractivity contribution is 0.156. The summed E-state index contributed by atoms with van der Waals surface area (Å²) in [5.41, 5.74) is 1.75. The molecule has 0 amide bonds. The fraction of sp³-hybridized carbons (Fsp3) is 0.600. The molecule has 0 aromatic heterocycles. The summed E-state index contributed by atoms with van der Waals surface area (Å²) < 4.78 is 0. The van der Waals surface area contributed by atoms with Gasteiger partial charge in [-0.15, -0.1) is 0 Å². The van der Waals surface area contributed by atoms with Gasteiger partial charge in [0.25, 0.3) is 0 Å². The zero-order valence-corrected chi connectivity index (χ0v) is 11.8. The SMILES string of the molecule is CCN(Cc1cccc(B(O)O)c1)C1CCCCC1. The molecule has 0 spiro atoms. The summed E-state index contributed by atoms with van der Waals surface area (Å²) in [6.07, 6.45) is 6.67. The second-order valence-corrected chi connectivity index (χ2v) is 5.47. The first-order valence-corrected chi connectivity index (χ1v) is 7.39. The molecule has 1 aliphatic carbocycles. The van der Waals surface area contributed by atoms with Crippen molar-refractivity contribution in [1.82, 2.24) is 4.90 Å². The Kier molecular flexibility index (Phi) is 5.43. The summed E-state index contributed by atoms with van der Waals surface area (Å²) in [6.45, 7) is 4.16. The molecule has 3 nitrogen and oxygen atoms in total. The number of rotatable bonds is 5. The van der Waals surface area contributed by atoms with Gasteiger partial charge in [0.2, 0.25) is 0 Å². The van der Waals surface area contributed by atoms with E-state index in [9.17, 15) is 10.0 Å². The first-order chi connectivity index (χ1) is 9.20. The van der Waals surface area contributed by atoms with E-state index in [4.69, 9.17) is 0 Å². The topological polar surface area (TPSA) is 43.7 Å². The van der Waals surface area contributed by atoms with Crippen LogP contribution < -0.4 is 5.46 Å². The van der Waals surface area contributed by atoms with Crippen LogP contribution in [0.3, 0.4) is 0 Å². The van der Waals surface area contributed by atoms with E-state index in [0.717, 1.165) is 18.7 Å². The van der Waals surface area contributed by atoms with Gasteiger partial charge in [-0.1, -0.05) is 50.5 Å². The molecule has 1 fully saturated rings. The van der Waals surface area contributed by atoms with Crippen LogP contribution in [-0.2, 0) is 6.54 Å². The fourth-order valence-corrected chi connectivity index (χ4v) is 3.03. The molecule has 0 bridgehead atoms. The highest BCUT2D eigenvalue weighted by molar-refractivity contribution is 6.58. The highest BCUT2D eigenvalue weighted by Crippen LogP contribution is 2.23. The molecule has 1 aromatic carbocycles. The monoisotopic (exact) mass is 261 g/mol. The molecule has 19 heavy (non-hydrogen) atoms. The molecule has 0 saturated heterocycles. The summed E-state index contributed by atoms with van der Waals surface area (Å²) in [5.74, 6) is 0. The van der Waals surface area contributed by atoms with Crippen molar-refractivity contribution < 1.29 is 10.0 Å². The van der Waals surface area contributed by atoms with E-state index in [1.54, 1.807) is 6.07 Å². The van der Waals surface area contributed by atoms with Crippen LogP contribution in [0.25, 0.3) is 0 Å². The Balaban J connectivity index is 2.02. The molecule has 1 aliphatic rings. The molecular weight excluding hydrogens is 237 g/mol. The Morgan fingerprint density at radius 3 is 2.58 bits per heavy atom. The van der Waals surface area contributed by atoms with E-state index < -0.39 is 7.12 Å². The van der Waals surface area contributed by atoms with Crippen molar-refractivity contribution in [2.24, 2.45) is 0 Å². The maximum Gasteiger partial charge on any atom is 0.488 e. The molecule has 2 rings (SSSR count). The lowest BCUT2D eigenvalue weighted by Crippen LogP contribution is -2.36. The molecule has 0 aliphatic heterocycles. The van der Waals surface area contributed by atoms with E-state index in [1.807, 2.05) is 12.1 Å². The van der Waals surface area contributed by atoms with Crippen molar-refractivity contribution in [2.75, 3.05) is 6.54 Å². The van der Waals surface area contributed by atoms with Crippen LogP contribution in [0.4, 0.5) is 0 Å². The van der Waals surface area contributed by atoms with Gasteiger partial charge >= 0.3 is 7.12 Å². The predicted molar refractivity (Wildman–Crippen MR) is 79.2 cm³/mol. The summed E-state index contributed by atoms with van der Waals surface area (Å²) >= 11 is 0. The molecule has 2 N–H and O–H groups in total. The fourth-order valence-electron chi connectivity index (χ4n) is 3.03. The maximum absolute atomic E-state index is 9.23. The van der Waals surface area contributed by atoms with Gasteiger partial charge in [-0.3, -0.25) is 4.90 Å². The average Bonchev–Trinajstić information content (AvgIpc) is 2.46. The molecule has 104 valence electrons. The first-order valence-electron chi connectivity index (χ1n) is 7.39. The zero-order chi connectivity index (χ0) is 13.7. The number of nitrogens with zero attached hydrogens (tertiary/aromatic N) is 1. The minimum absolute atomic E-state index is 0.581. The van der Waals surface area contributed by atoms with Crippen LogP contribution in [0.1, 0.15) is 44.6 Å². The van der Waals surface area contributed by atoms with Crippen LogP contribution in [0, 0.1) is 0 Å². The number of hydrogen-bond acceptors (Lipinski definition) is 3. The summed E-state index contributed by atoms with van der Waals surface area (Å²) in [4.78, 5) is 2.52. The van der Waals surface area contributed by atoms with Crippen LogP contribution in [0.5, 0.6) is 0 Å². The van der Waals surface area contributed by atoms with Crippen molar-refractivity contribution in [3.8, 4) is 0 Å². The van der Waals surface area contributed by atoms with Gasteiger partial charge in [-0.05, 0) is 30.4 Å². The third-order valence-corrected chi connectivity index (χ3v) is 4.13. The molecule has 4 heteroatoms. The van der Waals surface area contributed by atoms with Crippen LogP contribution in [0.2, 0.25) is 0 Å². The second kappa shape index (κ2) is 7.08. The van der Waals surface area contributed by atoms with Gasteiger partial charge in [-0.25, -0.2) is 0 Å². The van der Waals surface area contributed by atoms with E-state index in [-0.39, 0.29) is 0 Å². The Morgan fingerprint density at radius 1 is 1.21 bits per heavy atom. The number of hydrogen-bond donors (Lipinski definition) is 2. The Bertz CT molecular complexity index is 391. The average molecular weight is 261 g/mol. The molecule has 0 heterocycles. The zero-order valence-electron chi connectivity index (χ0n) is 11.8. The second-order valence-electron chi connectivity index (χ2n) is 5.47. The quantitative estimate of drug-likeness (QED) is 0.790. The van der Waals surface area contributed by atoms with Gasteiger partial charge in [-0.2, -0.15) is 0 Å². The lowest BCUT2D eigenvalue weighted by Gasteiger charge is -2.33. The smallest absolute Gasteiger partial charge is 0.423 e. The van der Waals surface area contributed by atoms with E-state index in [0.29, 0.717) is 11.5 Å². The maximum atomic E-state index is 9.23. The summed E-state index contributed by atoms with van der Waals surface area (Å²) in [5, 5.41) is 18.5. The third kappa shape index (κ3) is 4.06. The van der Waals surface area contributed by atoms with Crippen molar-refractivity contribution >= 4 is 12.6 Å².